The van der Waals surface area contributed by atoms with E-state index in [1.54, 1.807) is 18.3 Å². The minimum Gasteiger partial charge on any atom is -0.346 e. The lowest BCUT2D eigenvalue weighted by atomic mass is 9.77. The molecule has 0 saturated carbocycles. The topological polar surface area (TPSA) is 57.9 Å². The second-order valence-electron chi connectivity index (χ2n) is 9.17. The lowest BCUT2D eigenvalue weighted by molar-refractivity contribution is -0.168. The van der Waals surface area contributed by atoms with Crippen LogP contribution in [0.4, 0.5) is 13.2 Å². The largest absolute Gasteiger partial charge is 0.403 e. The number of nitrogens with zero attached hydrogens (tertiary/aromatic N) is 4. The van der Waals surface area contributed by atoms with Crippen LogP contribution in [0.5, 0.6) is 0 Å². The molecule has 2 aromatic carbocycles. The number of fused-ring (bicyclic) bond motifs is 1. The number of hydrogen-bond donors (Lipinski definition) is 0. The van der Waals surface area contributed by atoms with Crippen molar-refractivity contribution in [2.24, 2.45) is 9.98 Å². The fraction of sp³-hybridized carbons (Fsp3) is 0.259. The monoisotopic (exact) mass is 544 g/mol. The number of pyridine rings is 1. The van der Waals surface area contributed by atoms with E-state index in [-0.39, 0.29) is 27.9 Å². The highest BCUT2D eigenvalue weighted by atomic mass is 35.5. The average molecular weight is 545 g/mol. The van der Waals surface area contributed by atoms with Crippen LogP contribution in [-0.2, 0) is 23.3 Å². The van der Waals surface area contributed by atoms with Gasteiger partial charge in [-0.1, -0.05) is 47.5 Å². The van der Waals surface area contributed by atoms with E-state index in [4.69, 9.17) is 23.2 Å². The summed E-state index contributed by atoms with van der Waals surface area (Å²) in [4.78, 5) is 26.7. The summed E-state index contributed by atoms with van der Waals surface area (Å²) in [5.74, 6) is 0.182. The van der Waals surface area contributed by atoms with Crippen LogP contribution in [0.25, 0.3) is 0 Å². The lowest BCUT2D eigenvalue weighted by Crippen LogP contribution is -2.42. The molecule has 2 aliphatic heterocycles. The number of amides is 1. The SMILES string of the molecule is CC(=O)N=C1c2ccc(C3CC(c4cc(Cl)cc(Cl)c4)(C(F)(F)F)C=N3)cc2CN1Cc1ccccn1. The molecule has 0 spiro atoms. The second kappa shape index (κ2) is 9.58. The van der Waals surface area contributed by atoms with E-state index in [1.165, 1.54) is 25.1 Å². The van der Waals surface area contributed by atoms with Gasteiger partial charge in [-0.15, -0.1) is 0 Å². The van der Waals surface area contributed by atoms with Crippen LogP contribution in [0.3, 0.4) is 0 Å². The Kier molecular flexibility index (Phi) is 6.58. The normalized spacial score (nSPS) is 22.1. The molecule has 0 bridgehead atoms. The third kappa shape index (κ3) is 4.88. The molecular weight excluding hydrogens is 524 g/mol. The molecule has 2 atom stereocenters. The summed E-state index contributed by atoms with van der Waals surface area (Å²) in [6.45, 7) is 2.26. The zero-order valence-corrected chi connectivity index (χ0v) is 21.1. The van der Waals surface area contributed by atoms with Crippen molar-refractivity contribution in [3.05, 3.63) is 98.8 Å². The maximum Gasteiger partial charge on any atom is 0.403 e. The van der Waals surface area contributed by atoms with Gasteiger partial charge in [0.2, 0.25) is 5.91 Å². The van der Waals surface area contributed by atoms with Gasteiger partial charge in [-0.3, -0.25) is 14.8 Å². The van der Waals surface area contributed by atoms with Crippen molar-refractivity contribution in [1.29, 1.82) is 0 Å². The third-order valence-electron chi connectivity index (χ3n) is 6.63. The number of benzene rings is 2. The Balaban J connectivity index is 1.47. The number of halogens is 5. The Morgan fingerprint density at radius 3 is 2.54 bits per heavy atom. The first-order chi connectivity index (χ1) is 17.6. The second-order valence-corrected chi connectivity index (χ2v) is 10.0. The Labute approximate surface area is 221 Å². The van der Waals surface area contributed by atoms with E-state index in [1.807, 2.05) is 29.2 Å². The summed E-state index contributed by atoms with van der Waals surface area (Å²) in [5, 5.41) is 0.261. The van der Waals surface area contributed by atoms with Crippen LogP contribution < -0.4 is 0 Å². The minimum atomic E-state index is -4.60. The average Bonchev–Trinajstić information content (AvgIpc) is 3.42. The van der Waals surface area contributed by atoms with Crippen LogP contribution in [0, 0.1) is 0 Å². The van der Waals surface area contributed by atoms with Gasteiger partial charge in [-0.2, -0.15) is 18.2 Å². The highest BCUT2D eigenvalue weighted by Crippen LogP contribution is 2.51. The summed E-state index contributed by atoms with van der Waals surface area (Å²) in [6.07, 6.45) is -2.24. The van der Waals surface area contributed by atoms with Gasteiger partial charge in [-0.05, 0) is 53.4 Å². The zero-order chi connectivity index (χ0) is 26.4. The Hall–Kier alpha value is -3.23. The molecule has 0 fully saturated rings. The number of aliphatic imine (C=N–C) groups is 2. The molecule has 5 nitrogen and oxygen atoms in total. The first-order valence-corrected chi connectivity index (χ1v) is 12.3. The maximum atomic E-state index is 14.5. The van der Waals surface area contributed by atoms with Crippen molar-refractivity contribution in [2.75, 3.05) is 0 Å². The molecule has 0 saturated heterocycles. The van der Waals surface area contributed by atoms with Gasteiger partial charge < -0.3 is 4.90 Å². The molecule has 37 heavy (non-hydrogen) atoms. The fourth-order valence-electron chi connectivity index (χ4n) is 4.91. The van der Waals surface area contributed by atoms with Gasteiger partial charge in [0, 0.05) is 41.5 Å². The summed E-state index contributed by atoms with van der Waals surface area (Å²) in [5.41, 5.74) is 0.734. The van der Waals surface area contributed by atoms with E-state index in [9.17, 15) is 18.0 Å². The molecule has 1 aromatic heterocycles. The molecule has 2 aliphatic rings. The molecule has 5 rings (SSSR count). The number of hydrogen-bond acceptors (Lipinski definition) is 3. The van der Waals surface area contributed by atoms with E-state index in [2.05, 4.69) is 15.0 Å². The summed E-state index contributed by atoms with van der Waals surface area (Å²) in [7, 11) is 0. The number of aromatic nitrogens is 1. The number of amidine groups is 1. The molecule has 10 heteroatoms. The van der Waals surface area contributed by atoms with E-state index >= 15 is 0 Å². The lowest BCUT2D eigenvalue weighted by Gasteiger charge is -2.30. The molecular formula is C27H21Cl2F3N4O. The number of carbonyl (C=O) groups is 1. The number of carbonyl (C=O) groups excluding carboxylic acids is 1. The van der Waals surface area contributed by atoms with Gasteiger partial charge in [0.25, 0.3) is 0 Å². The summed E-state index contributed by atoms with van der Waals surface area (Å²) >= 11 is 12.1. The molecule has 1 amide bonds. The fourth-order valence-corrected chi connectivity index (χ4v) is 5.43. The number of alkyl halides is 3. The van der Waals surface area contributed by atoms with Crippen molar-refractivity contribution >= 4 is 41.2 Å². The van der Waals surface area contributed by atoms with Crippen molar-refractivity contribution < 1.29 is 18.0 Å². The Morgan fingerprint density at radius 2 is 1.89 bits per heavy atom. The van der Waals surface area contributed by atoms with Gasteiger partial charge in [-0.25, -0.2) is 0 Å². The minimum absolute atomic E-state index is 0.0395. The highest BCUT2D eigenvalue weighted by molar-refractivity contribution is 6.34. The Morgan fingerprint density at radius 1 is 1.14 bits per heavy atom. The number of rotatable bonds is 4. The predicted octanol–water partition coefficient (Wildman–Crippen LogP) is 6.71. The van der Waals surface area contributed by atoms with Crippen molar-refractivity contribution in [2.45, 2.75) is 44.1 Å². The van der Waals surface area contributed by atoms with Crippen molar-refractivity contribution in [3.63, 3.8) is 0 Å². The molecule has 0 N–H and O–H groups in total. The first kappa shape index (κ1) is 25.4. The van der Waals surface area contributed by atoms with Crippen molar-refractivity contribution in [1.82, 2.24) is 9.88 Å². The van der Waals surface area contributed by atoms with Gasteiger partial charge in [0.15, 0.2) is 0 Å². The van der Waals surface area contributed by atoms with Crippen LogP contribution in [0.1, 0.15) is 47.3 Å². The maximum absolute atomic E-state index is 14.5. The van der Waals surface area contributed by atoms with E-state index in [0.717, 1.165) is 23.0 Å². The van der Waals surface area contributed by atoms with Crippen molar-refractivity contribution in [3.8, 4) is 0 Å². The van der Waals surface area contributed by atoms with E-state index < -0.39 is 17.6 Å². The van der Waals surface area contributed by atoms with Crippen LogP contribution in [0.15, 0.2) is 70.8 Å². The smallest absolute Gasteiger partial charge is 0.346 e. The summed E-state index contributed by atoms with van der Waals surface area (Å²) < 4.78 is 43.4. The third-order valence-corrected chi connectivity index (χ3v) is 7.07. The van der Waals surface area contributed by atoms with Crippen LogP contribution >= 0.6 is 23.2 Å². The zero-order valence-electron chi connectivity index (χ0n) is 19.6. The summed E-state index contributed by atoms with van der Waals surface area (Å²) in [6, 6.07) is 14.2. The molecule has 0 radical (unpaired) electrons. The van der Waals surface area contributed by atoms with E-state index in [0.29, 0.717) is 24.5 Å². The molecule has 0 aliphatic carbocycles. The van der Waals surface area contributed by atoms with Crippen LogP contribution in [-0.4, -0.2) is 34.0 Å². The van der Waals surface area contributed by atoms with Gasteiger partial charge in [0.05, 0.1) is 18.3 Å². The standard InChI is InChI=1S/C27H21Cl2F3N4O/c1-16(37)35-25-23-6-5-17(8-18(23)13-36(25)14-22-4-2-3-7-33-22)24-12-26(15-34-24,27(30,31)32)19-9-20(28)11-21(29)10-19/h2-11,15,24H,12-14H2,1H3. The highest BCUT2D eigenvalue weighted by Gasteiger charge is 2.58. The molecule has 190 valence electrons. The predicted molar refractivity (Wildman–Crippen MR) is 137 cm³/mol. The van der Waals surface area contributed by atoms with Gasteiger partial charge >= 0.3 is 6.18 Å². The molecule has 2 unspecified atom stereocenters. The Bertz CT molecular complexity index is 1400. The quantitative estimate of drug-likeness (QED) is 0.366. The molecule has 3 aromatic rings. The van der Waals surface area contributed by atoms with Crippen LogP contribution in [0.2, 0.25) is 10.0 Å². The molecule has 3 heterocycles. The first-order valence-electron chi connectivity index (χ1n) is 11.5. The van der Waals surface area contributed by atoms with Gasteiger partial charge in [0.1, 0.15) is 11.3 Å².